The first-order chi connectivity index (χ1) is 6.60. The fraction of sp³-hybridized carbons (Fsp3) is 0.727. The number of hydrogen-bond donors (Lipinski definition) is 1. The predicted molar refractivity (Wildman–Crippen MR) is 53.7 cm³/mol. The van der Waals surface area contributed by atoms with E-state index in [1.165, 1.54) is 0 Å². The second-order valence-electron chi connectivity index (χ2n) is 3.76. The van der Waals surface area contributed by atoms with Crippen LogP contribution in [-0.4, -0.2) is 23.3 Å². The van der Waals surface area contributed by atoms with E-state index in [2.05, 4.69) is 0 Å². The first kappa shape index (κ1) is 11.2. The van der Waals surface area contributed by atoms with Crippen LogP contribution >= 0.6 is 0 Å². The molecule has 3 nitrogen and oxygen atoms in total. The van der Waals surface area contributed by atoms with Crippen molar-refractivity contribution in [1.29, 1.82) is 0 Å². The summed E-state index contributed by atoms with van der Waals surface area (Å²) in [5.74, 6) is -0.791. The molecule has 1 aliphatic rings. The zero-order chi connectivity index (χ0) is 10.6. The molecular formula is C11H18O3. The lowest BCUT2D eigenvalue weighted by Crippen LogP contribution is -2.40. The summed E-state index contributed by atoms with van der Waals surface area (Å²) in [6, 6.07) is 0. The maximum atomic E-state index is 11.4. The molecule has 0 saturated carbocycles. The summed E-state index contributed by atoms with van der Waals surface area (Å²) in [4.78, 5) is 11.4. The van der Waals surface area contributed by atoms with Crippen molar-refractivity contribution in [3.63, 3.8) is 0 Å². The zero-order valence-corrected chi connectivity index (χ0v) is 8.82. The standard InChI is InChI=1S/C11H18O3/c1-3-14-10(12)9(2)11(13)7-5-4-6-8-11/h5,7,9,13H,3-4,6,8H2,1-2H3/t9-,11-/m0/s1. The monoisotopic (exact) mass is 198 g/mol. The molecule has 80 valence electrons. The van der Waals surface area contributed by atoms with Gasteiger partial charge in [0.1, 0.15) is 0 Å². The fourth-order valence-corrected chi connectivity index (χ4v) is 1.71. The lowest BCUT2D eigenvalue weighted by atomic mass is 9.81. The SMILES string of the molecule is CCOC(=O)[C@H](C)[C@]1(O)C=CCCC1. The highest BCUT2D eigenvalue weighted by Crippen LogP contribution is 2.30. The van der Waals surface area contributed by atoms with E-state index in [1.54, 1.807) is 19.9 Å². The van der Waals surface area contributed by atoms with Gasteiger partial charge in [0, 0.05) is 0 Å². The largest absolute Gasteiger partial charge is 0.466 e. The summed E-state index contributed by atoms with van der Waals surface area (Å²) < 4.78 is 4.89. The molecule has 14 heavy (non-hydrogen) atoms. The zero-order valence-electron chi connectivity index (χ0n) is 8.82. The molecule has 0 saturated heterocycles. The molecule has 0 unspecified atom stereocenters. The van der Waals surface area contributed by atoms with Gasteiger partial charge in [-0.15, -0.1) is 0 Å². The summed E-state index contributed by atoms with van der Waals surface area (Å²) in [6.45, 7) is 3.85. The van der Waals surface area contributed by atoms with Gasteiger partial charge in [-0.05, 0) is 33.1 Å². The molecule has 0 heterocycles. The summed E-state index contributed by atoms with van der Waals surface area (Å²) in [5, 5.41) is 10.1. The maximum Gasteiger partial charge on any atom is 0.311 e. The predicted octanol–water partition coefficient (Wildman–Crippen LogP) is 1.66. The van der Waals surface area contributed by atoms with Crippen molar-refractivity contribution in [2.45, 2.75) is 38.7 Å². The Labute approximate surface area is 84.8 Å². The number of esters is 1. The molecule has 0 radical (unpaired) electrons. The first-order valence-electron chi connectivity index (χ1n) is 5.17. The quantitative estimate of drug-likeness (QED) is 0.554. The van der Waals surface area contributed by atoms with Crippen molar-refractivity contribution in [3.05, 3.63) is 12.2 Å². The fourth-order valence-electron chi connectivity index (χ4n) is 1.71. The van der Waals surface area contributed by atoms with Crippen molar-refractivity contribution < 1.29 is 14.6 Å². The van der Waals surface area contributed by atoms with Gasteiger partial charge in [0.05, 0.1) is 18.1 Å². The third-order valence-corrected chi connectivity index (χ3v) is 2.74. The van der Waals surface area contributed by atoms with Crippen LogP contribution < -0.4 is 0 Å². The topological polar surface area (TPSA) is 46.5 Å². The Bertz CT molecular complexity index is 235. The smallest absolute Gasteiger partial charge is 0.311 e. The molecule has 0 spiro atoms. The van der Waals surface area contributed by atoms with Gasteiger partial charge < -0.3 is 9.84 Å². The van der Waals surface area contributed by atoms with E-state index in [9.17, 15) is 9.90 Å². The third kappa shape index (κ3) is 2.35. The van der Waals surface area contributed by atoms with Crippen molar-refractivity contribution in [2.24, 2.45) is 5.92 Å². The van der Waals surface area contributed by atoms with E-state index in [4.69, 9.17) is 4.74 Å². The van der Waals surface area contributed by atoms with Crippen LogP contribution in [0.25, 0.3) is 0 Å². The Morgan fingerprint density at radius 1 is 1.71 bits per heavy atom. The van der Waals surface area contributed by atoms with Crippen LogP contribution in [0.15, 0.2) is 12.2 Å². The molecule has 1 aliphatic carbocycles. The first-order valence-corrected chi connectivity index (χ1v) is 5.17. The van der Waals surface area contributed by atoms with E-state index < -0.39 is 11.5 Å². The van der Waals surface area contributed by atoms with Gasteiger partial charge in [0.2, 0.25) is 0 Å². The minimum absolute atomic E-state index is 0.318. The molecule has 0 aromatic heterocycles. The minimum atomic E-state index is -0.996. The van der Waals surface area contributed by atoms with Crippen LogP contribution in [0, 0.1) is 5.92 Å². The molecule has 0 fully saturated rings. The number of ether oxygens (including phenoxy) is 1. The summed E-state index contributed by atoms with van der Waals surface area (Å²) in [5.41, 5.74) is -0.996. The van der Waals surface area contributed by atoms with Crippen LogP contribution in [0.5, 0.6) is 0 Å². The number of allylic oxidation sites excluding steroid dienone is 1. The van der Waals surface area contributed by atoms with E-state index in [0.29, 0.717) is 13.0 Å². The Morgan fingerprint density at radius 2 is 2.43 bits per heavy atom. The number of aliphatic hydroxyl groups is 1. The second-order valence-corrected chi connectivity index (χ2v) is 3.76. The minimum Gasteiger partial charge on any atom is -0.466 e. The number of rotatable bonds is 3. The molecule has 3 heteroatoms. The molecule has 0 aromatic carbocycles. The normalized spacial score (nSPS) is 28.5. The molecule has 2 atom stereocenters. The lowest BCUT2D eigenvalue weighted by molar-refractivity contribution is -0.154. The summed E-state index contributed by atoms with van der Waals surface area (Å²) in [6.07, 6.45) is 6.22. The molecule has 1 rings (SSSR count). The molecule has 1 N–H and O–H groups in total. The highest BCUT2D eigenvalue weighted by molar-refractivity contribution is 5.74. The number of carbonyl (C=O) groups excluding carboxylic acids is 1. The highest BCUT2D eigenvalue weighted by atomic mass is 16.5. The van der Waals surface area contributed by atoms with Gasteiger partial charge >= 0.3 is 5.97 Å². The maximum absolute atomic E-state index is 11.4. The molecular weight excluding hydrogens is 180 g/mol. The Kier molecular flexibility index (Phi) is 3.69. The average Bonchev–Trinajstić information content (AvgIpc) is 2.18. The molecule has 0 aromatic rings. The van der Waals surface area contributed by atoms with Crippen LogP contribution in [-0.2, 0) is 9.53 Å². The van der Waals surface area contributed by atoms with Gasteiger partial charge in [-0.2, -0.15) is 0 Å². The number of hydrogen-bond acceptors (Lipinski definition) is 3. The van der Waals surface area contributed by atoms with Crippen LogP contribution in [0.4, 0.5) is 0 Å². The van der Waals surface area contributed by atoms with Gasteiger partial charge in [-0.25, -0.2) is 0 Å². The van der Waals surface area contributed by atoms with E-state index >= 15 is 0 Å². The third-order valence-electron chi connectivity index (χ3n) is 2.74. The molecule has 0 bridgehead atoms. The van der Waals surface area contributed by atoms with E-state index in [0.717, 1.165) is 12.8 Å². The summed E-state index contributed by atoms with van der Waals surface area (Å²) >= 11 is 0. The highest BCUT2D eigenvalue weighted by Gasteiger charge is 2.37. The van der Waals surface area contributed by atoms with Gasteiger partial charge in [0.15, 0.2) is 0 Å². The van der Waals surface area contributed by atoms with E-state index in [-0.39, 0.29) is 5.97 Å². The Hall–Kier alpha value is -0.830. The van der Waals surface area contributed by atoms with Crippen molar-refractivity contribution in [3.8, 4) is 0 Å². The average molecular weight is 198 g/mol. The Balaban J connectivity index is 2.66. The van der Waals surface area contributed by atoms with Crippen LogP contribution in [0.1, 0.15) is 33.1 Å². The Morgan fingerprint density at radius 3 is 2.93 bits per heavy atom. The summed E-state index contributed by atoms with van der Waals surface area (Å²) in [7, 11) is 0. The lowest BCUT2D eigenvalue weighted by Gasteiger charge is -2.31. The van der Waals surface area contributed by atoms with Gasteiger partial charge in [-0.3, -0.25) is 4.79 Å². The van der Waals surface area contributed by atoms with Crippen molar-refractivity contribution in [2.75, 3.05) is 6.61 Å². The second kappa shape index (κ2) is 4.60. The van der Waals surface area contributed by atoms with Crippen molar-refractivity contribution >= 4 is 5.97 Å². The van der Waals surface area contributed by atoms with Crippen LogP contribution in [0.2, 0.25) is 0 Å². The van der Waals surface area contributed by atoms with E-state index in [1.807, 2.05) is 6.08 Å². The van der Waals surface area contributed by atoms with Crippen molar-refractivity contribution in [1.82, 2.24) is 0 Å². The number of carbonyl (C=O) groups is 1. The molecule has 0 aliphatic heterocycles. The van der Waals surface area contributed by atoms with Gasteiger partial charge in [0.25, 0.3) is 0 Å². The van der Waals surface area contributed by atoms with Gasteiger partial charge in [-0.1, -0.05) is 12.2 Å². The molecule has 0 amide bonds. The van der Waals surface area contributed by atoms with Crippen LogP contribution in [0.3, 0.4) is 0 Å².